The molecule has 0 amide bonds. The zero-order valence-electron chi connectivity index (χ0n) is 20.6. The van der Waals surface area contributed by atoms with Crippen molar-refractivity contribution >= 4 is 17.5 Å². The van der Waals surface area contributed by atoms with E-state index in [2.05, 4.69) is 26.8 Å². The van der Waals surface area contributed by atoms with Gasteiger partial charge >= 0.3 is 5.97 Å². The third-order valence-corrected chi connectivity index (χ3v) is 9.80. The van der Waals surface area contributed by atoms with Crippen molar-refractivity contribution < 1.29 is 19.1 Å². The SMILES string of the molecule is CCCCCCC(=O)C1C=C2C[C@@H](OC(C)=O)CC[C@]2(C)[C@H]2CC[C@]3(C)C(=O)CC[C@H]3[C@H]12. The second-order valence-electron chi connectivity index (χ2n) is 11.6. The van der Waals surface area contributed by atoms with Crippen LogP contribution in [0.4, 0.5) is 0 Å². The summed E-state index contributed by atoms with van der Waals surface area (Å²) in [6.07, 6.45) is 13.6. The third-order valence-electron chi connectivity index (χ3n) is 9.80. The molecule has 0 saturated heterocycles. The van der Waals surface area contributed by atoms with Gasteiger partial charge in [-0.2, -0.15) is 0 Å². The minimum atomic E-state index is -0.238. The fourth-order valence-corrected chi connectivity index (χ4v) is 7.96. The van der Waals surface area contributed by atoms with Crippen molar-refractivity contribution in [2.24, 2.45) is 34.5 Å². The van der Waals surface area contributed by atoms with Crippen LogP contribution in [-0.4, -0.2) is 23.6 Å². The predicted octanol–water partition coefficient (Wildman–Crippen LogP) is 6.22. The number of hydrogen-bond donors (Lipinski definition) is 0. The van der Waals surface area contributed by atoms with Crippen molar-refractivity contribution in [3.8, 4) is 0 Å². The maximum atomic E-state index is 13.6. The fraction of sp³-hybridized carbons (Fsp3) is 0.821. The molecule has 32 heavy (non-hydrogen) atoms. The van der Waals surface area contributed by atoms with E-state index in [9.17, 15) is 14.4 Å². The van der Waals surface area contributed by atoms with Crippen molar-refractivity contribution in [2.45, 2.75) is 111 Å². The summed E-state index contributed by atoms with van der Waals surface area (Å²) in [6, 6.07) is 0. The van der Waals surface area contributed by atoms with Gasteiger partial charge in [0, 0.05) is 37.5 Å². The van der Waals surface area contributed by atoms with E-state index in [0.717, 1.165) is 51.4 Å². The molecular weight excluding hydrogens is 400 g/mol. The molecule has 0 bridgehead atoms. The molecule has 0 heterocycles. The van der Waals surface area contributed by atoms with Crippen molar-refractivity contribution in [1.29, 1.82) is 0 Å². The van der Waals surface area contributed by atoms with Crippen LogP contribution < -0.4 is 0 Å². The second-order valence-corrected chi connectivity index (χ2v) is 11.6. The molecular formula is C28H42O4. The van der Waals surface area contributed by atoms with Crippen molar-refractivity contribution in [2.75, 3.05) is 0 Å². The normalized spacial score (nSPS) is 40.7. The topological polar surface area (TPSA) is 60.4 Å². The van der Waals surface area contributed by atoms with Crippen molar-refractivity contribution in [3.05, 3.63) is 11.6 Å². The van der Waals surface area contributed by atoms with E-state index < -0.39 is 0 Å². The molecule has 4 heteroatoms. The molecule has 4 nitrogen and oxygen atoms in total. The average Bonchev–Trinajstić information content (AvgIpc) is 3.05. The molecule has 0 aromatic rings. The molecule has 0 aromatic heterocycles. The fourth-order valence-electron chi connectivity index (χ4n) is 7.96. The van der Waals surface area contributed by atoms with Gasteiger partial charge in [-0.15, -0.1) is 0 Å². The summed E-state index contributed by atoms with van der Waals surface area (Å²) in [5.74, 6) is 1.59. The Labute approximate surface area is 193 Å². The number of rotatable bonds is 7. The van der Waals surface area contributed by atoms with Gasteiger partial charge in [0.05, 0.1) is 0 Å². The number of hydrogen-bond acceptors (Lipinski definition) is 4. The maximum absolute atomic E-state index is 13.6. The molecule has 0 N–H and O–H groups in total. The average molecular weight is 443 g/mol. The van der Waals surface area contributed by atoms with E-state index in [1.807, 2.05) is 0 Å². The first-order valence-corrected chi connectivity index (χ1v) is 13.1. The van der Waals surface area contributed by atoms with Crippen LogP contribution in [0.3, 0.4) is 0 Å². The standard InChI is InChI=1S/C28H42O4/c1-5-6-7-8-9-24(30)21-17-19-16-20(32-18(2)29)12-14-27(19,3)23-13-15-28(4)22(26(21)23)10-11-25(28)31/h17,20-23,26H,5-16H2,1-4H3/t20-,21?,22-,23-,26-,27-,28-/m0/s1. The highest BCUT2D eigenvalue weighted by molar-refractivity contribution is 5.88. The number of allylic oxidation sites excluding steroid dienone is 1. The van der Waals surface area contributed by atoms with Crippen LogP contribution in [0.2, 0.25) is 0 Å². The Bertz CT molecular complexity index is 797. The molecule has 1 unspecified atom stereocenters. The Kier molecular flexibility index (Phi) is 6.71. The quantitative estimate of drug-likeness (QED) is 0.267. The number of ether oxygens (including phenoxy) is 1. The highest BCUT2D eigenvalue weighted by Gasteiger charge is 2.61. The van der Waals surface area contributed by atoms with Gasteiger partial charge in [-0.1, -0.05) is 51.7 Å². The summed E-state index contributed by atoms with van der Waals surface area (Å²) >= 11 is 0. The zero-order chi connectivity index (χ0) is 23.1. The number of unbranched alkanes of at least 4 members (excludes halogenated alkanes) is 3. The molecule has 0 aromatic carbocycles. The van der Waals surface area contributed by atoms with E-state index in [4.69, 9.17) is 4.74 Å². The summed E-state index contributed by atoms with van der Waals surface area (Å²) in [7, 11) is 0. The van der Waals surface area contributed by atoms with Gasteiger partial charge in [-0.25, -0.2) is 0 Å². The van der Waals surface area contributed by atoms with Crippen LogP contribution in [0, 0.1) is 34.5 Å². The van der Waals surface area contributed by atoms with E-state index in [-0.39, 0.29) is 34.7 Å². The number of ketones is 2. The lowest BCUT2D eigenvalue weighted by Gasteiger charge is -2.58. The van der Waals surface area contributed by atoms with Gasteiger partial charge in [0.1, 0.15) is 17.7 Å². The van der Waals surface area contributed by atoms with Crippen LogP contribution in [0.5, 0.6) is 0 Å². The Morgan fingerprint density at radius 1 is 1.03 bits per heavy atom. The molecule has 4 rings (SSSR count). The Balaban J connectivity index is 1.66. The summed E-state index contributed by atoms with van der Waals surface area (Å²) in [4.78, 5) is 38.1. The van der Waals surface area contributed by atoms with Crippen LogP contribution in [0.15, 0.2) is 11.6 Å². The number of Topliss-reactive ketones (excluding diaryl/α,β-unsaturated/α-hetero) is 2. The monoisotopic (exact) mass is 442 g/mol. The first kappa shape index (κ1) is 23.7. The van der Waals surface area contributed by atoms with Crippen molar-refractivity contribution in [1.82, 2.24) is 0 Å². The van der Waals surface area contributed by atoms with Gasteiger partial charge in [0.2, 0.25) is 0 Å². The lowest BCUT2D eigenvalue weighted by Crippen LogP contribution is -2.54. The molecule has 3 saturated carbocycles. The van der Waals surface area contributed by atoms with E-state index in [1.54, 1.807) is 0 Å². The molecule has 4 aliphatic carbocycles. The number of carbonyl (C=O) groups is 3. The molecule has 4 aliphatic rings. The molecule has 0 radical (unpaired) electrons. The Morgan fingerprint density at radius 3 is 2.47 bits per heavy atom. The lowest BCUT2D eigenvalue weighted by atomic mass is 9.45. The first-order chi connectivity index (χ1) is 15.2. The summed E-state index contributed by atoms with van der Waals surface area (Å²) < 4.78 is 5.60. The largest absolute Gasteiger partial charge is 0.462 e. The summed E-state index contributed by atoms with van der Waals surface area (Å²) in [6.45, 7) is 8.26. The second kappa shape index (κ2) is 9.06. The maximum Gasteiger partial charge on any atom is 0.302 e. The van der Waals surface area contributed by atoms with E-state index in [1.165, 1.54) is 25.3 Å². The molecule has 0 spiro atoms. The molecule has 178 valence electrons. The number of carbonyl (C=O) groups excluding carboxylic acids is 3. The van der Waals surface area contributed by atoms with Gasteiger partial charge in [-0.05, 0) is 61.7 Å². The van der Waals surface area contributed by atoms with E-state index >= 15 is 0 Å². The molecule has 0 aliphatic heterocycles. The first-order valence-electron chi connectivity index (χ1n) is 13.1. The number of esters is 1. The lowest BCUT2D eigenvalue weighted by molar-refractivity contribution is -0.150. The predicted molar refractivity (Wildman–Crippen MR) is 125 cm³/mol. The van der Waals surface area contributed by atoms with Gasteiger partial charge in [0.25, 0.3) is 0 Å². The Hall–Kier alpha value is -1.45. The summed E-state index contributed by atoms with van der Waals surface area (Å²) in [5.41, 5.74) is 1.17. The van der Waals surface area contributed by atoms with Gasteiger partial charge in [-0.3, -0.25) is 14.4 Å². The van der Waals surface area contributed by atoms with Crippen LogP contribution >= 0.6 is 0 Å². The van der Waals surface area contributed by atoms with Crippen LogP contribution in [0.1, 0.15) is 105 Å². The molecule has 3 fully saturated rings. The van der Waals surface area contributed by atoms with Crippen molar-refractivity contribution in [3.63, 3.8) is 0 Å². The molecule has 7 atom stereocenters. The van der Waals surface area contributed by atoms with Crippen LogP contribution in [-0.2, 0) is 19.1 Å². The third kappa shape index (κ3) is 4.01. The highest BCUT2D eigenvalue weighted by atomic mass is 16.5. The van der Waals surface area contributed by atoms with Gasteiger partial charge in [0.15, 0.2) is 0 Å². The van der Waals surface area contributed by atoms with Gasteiger partial charge < -0.3 is 4.74 Å². The number of fused-ring (bicyclic) bond motifs is 5. The highest BCUT2D eigenvalue weighted by Crippen LogP contribution is 2.65. The minimum Gasteiger partial charge on any atom is -0.462 e. The van der Waals surface area contributed by atoms with Crippen LogP contribution in [0.25, 0.3) is 0 Å². The zero-order valence-corrected chi connectivity index (χ0v) is 20.6. The Morgan fingerprint density at radius 2 is 1.75 bits per heavy atom. The van der Waals surface area contributed by atoms with E-state index in [0.29, 0.717) is 36.2 Å². The smallest absolute Gasteiger partial charge is 0.302 e. The summed E-state index contributed by atoms with van der Waals surface area (Å²) in [5, 5.41) is 0. The minimum absolute atomic E-state index is 0.0628.